The molecule has 0 radical (unpaired) electrons. The van der Waals surface area contributed by atoms with E-state index in [4.69, 9.17) is 4.42 Å². The van der Waals surface area contributed by atoms with Crippen LogP contribution in [0.15, 0.2) is 28.7 Å². The van der Waals surface area contributed by atoms with Gasteiger partial charge in [0.15, 0.2) is 5.78 Å². The quantitative estimate of drug-likeness (QED) is 0.723. The fourth-order valence-electron chi connectivity index (χ4n) is 1.97. The summed E-state index contributed by atoms with van der Waals surface area (Å²) in [5.41, 5.74) is 1.18. The first-order valence-corrected chi connectivity index (χ1v) is 6.00. The molecule has 17 heavy (non-hydrogen) atoms. The van der Waals surface area contributed by atoms with Crippen LogP contribution in [0.25, 0.3) is 11.0 Å². The summed E-state index contributed by atoms with van der Waals surface area (Å²) in [5.74, 6) is 0.949. The Labute approximate surface area is 102 Å². The Hall–Kier alpha value is -1.57. The number of carbonyl (C=O) groups excluding carboxylic acids is 1. The van der Waals surface area contributed by atoms with Gasteiger partial charge in [-0.05, 0) is 6.07 Å². The van der Waals surface area contributed by atoms with Gasteiger partial charge in [0.25, 0.3) is 0 Å². The molecular weight excluding hydrogens is 212 g/mol. The van der Waals surface area contributed by atoms with E-state index in [0.29, 0.717) is 0 Å². The first kappa shape index (κ1) is 11.9. The molecule has 1 heterocycles. The van der Waals surface area contributed by atoms with E-state index in [1.165, 1.54) is 0 Å². The summed E-state index contributed by atoms with van der Waals surface area (Å²) in [7, 11) is 0. The zero-order valence-electron chi connectivity index (χ0n) is 10.8. The second-order valence-corrected chi connectivity index (χ2v) is 5.33. The minimum Gasteiger partial charge on any atom is -0.460 e. The molecule has 0 amide bonds. The number of aryl methyl sites for hydroxylation is 1. The van der Waals surface area contributed by atoms with Crippen LogP contribution in [0.5, 0.6) is 0 Å². The normalized spacial score (nSPS) is 12.0. The zero-order valence-corrected chi connectivity index (χ0v) is 10.8. The number of hydrogen-bond acceptors (Lipinski definition) is 2. The first-order chi connectivity index (χ1) is 7.95. The molecule has 90 valence electrons. The van der Waals surface area contributed by atoms with E-state index in [1.807, 2.05) is 52.0 Å². The third-order valence-electron chi connectivity index (χ3n) is 2.90. The van der Waals surface area contributed by atoms with Gasteiger partial charge in [0.2, 0.25) is 0 Å². The van der Waals surface area contributed by atoms with Crippen LogP contribution in [0.3, 0.4) is 0 Å². The van der Waals surface area contributed by atoms with Crippen molar-refractivity contribution in [2.75, 3.05) is 0 Å². The van der Waals surface area contributed by atoms with Crippen molar-refractivity contribution < 1.29 is 9.21 Å². The molecule has 0 unspecified atom stereocenters. The van der Waals surface area contributed by atoms with Gasteiger partial charge < -0.3 is 4.42 Å². The van der Waals surface area contributed by atoms with Crippen molar-refractivity contribution >= 4 is 16.8 Å². The van der Waals surface area contributed by atoms with Crippen LogP contribution in [0, 0.1) is 5.41 Å². The average molecular weight is 230 g/mol. The number of ketones is 1. The van der Waals surface area contributed by atoms with Crippen LogP contribution in [0.2, 0.25) is 0 Å². The Balaban J connectivity index is 2.70. The van der Waals surface area contributed by atoms with Crippen molar-refractivity contribution in [2.24, 2.45) is 5.41 Å². The molecule has 0 aliphatic heterocycles. The molecule has 1 aromatic heterocycles. The summed E-state index contributed by atoms with van der Waals surface area (Å²) in [5, 5.41) is 0.935. The summed E-state index contributed by atoms with van der Waals surface area (Å²) < 4.78 is 5.74. The van der Waals surface area contributed by atoms with Crippen LogP contribution in [0.1, 0.15) is 43.8 Å². The van der Waals surface area contributed by atoms with E-state index in [2.05, 4.69) is 0 Å². The van der Waals surface area contributed by atoms with E-state index in [1.54, 1.807) is 0 Å². The average Bonchev–Trinajstić information content (AvgIpc) is 2.64. The molecule has 0 spiro atoms. The third kappa shape index (κ3) is 1.99. The third-order valence-corrected chi connectivity index (χ3v) is 2.90. The highest BCUT2D eigenvalue weighted by Crippen LogP contribution is 2.31. The van der Waals surface area contributed by atoms with E-state index in [-0.39, 0.29) is 11.2 Å². The lowest BCUT2D eigenvalue weighted by Gasteiger charge is -2.16. The summed E-state index contributed by atoms with van der Waals surface area (Å²) in [4.78, 5) is 12.5. The van der Waals surface area contributed by atoms with Gasteiger partial charge in [-0.25, -0.2) is 0 Å². The Morgan fingerprint density at radius 1 is 1.24 bits per heavy atom. The Morgan fingerprint density at radius 2 is 1.88 bits per heavy atom. The van der Waals surface area contributed by atoms with E-state index in [9.17, 15) is 4.79 Å². The number of carbonyl (C=O) groups is 1. The van der Waals surface area contributed by atoms with E-state index in [0.717, 1.165) is 28.7 Å². The molecule has 2 heteroatoms. The first-order valence-electron chi connectivity index (χ1n) is 6.00. The molecule has 1 aromatic carbocycles. The molecule has 2 aromatic rings. The molecule has 0 saturated heterocycles. The van der Waals surface area contributed by atoms with E-state index < -0.39 is 0 Å². The number of Topliss-reactive ketones (excluding diaryl/α,β-unsaturated/α-hetero) is 1. The van der Waals surface area contributed by atoms with Gasteiger partial charge >= 0.3 is 0 Å². The molecule has 0 atom stereocenters. The van der Waals surface area contributed by atoms with Gasteiger partial charge in [0, 0.05) is 17.2 Å². The molecule has 2 nitrogen and oxygen atoms in total. The van der Waals surface area contributed by atoms with Crippen molar-refractivity contribution in [3.63, 3.8) is 0 Å². The number of fused-ring (bicyclic) bond motifs is 1. The maximum absolute atomic E-state index is 12.5. The maximum Gasteiger partial charge on any atom is 0.172 e. The molecular formula is C15H18O2. The smallest absolute Gasteiger partial charge is 0.172 e. The SMILES string of the molecule is CCc1oc2ccccc2c1C(=O)C(C)(C)C. The second-order valence-electron chi connectivity index (χ2n) is 5.33. The highest BCUT2D eigenvalue weighted by molar-refractivity contribution is 6.10. The molecule has 0 aliphatic carbocycles. The number of para-hydroxylation sites is 1. The summed E-state index contributed by atoms with van der Waals surface area (Å²) in [6, 6.07) is 7.73. The van der Waals surface area contributed by atoms with Crippen molar-refractivity contribution in [1.29, 1.82) is 0 Å². The lowest BCUT2D eigenvalue weighted by Crippen LogP contribution is -2.20. The standard InChI is InChI=1S/C15H18O2/c1-5-11-13(14(16)15(2,3)4)10-8-6-7-9-12(10)17-11/h6-9H,5H2,1-4H3. The number of benzene rings is 1. The minimum atomic E-state index is -0.378. The van der Waals surface area contributed by atoms with Crippen molar-refractivity contribution in [3.8, 4) is 0 Å². The minimum absolute atomic E-state index is 0.152. The van der Waals surface area contributed by atoms with Crippen LogP contribution in [-0.2, 0) is 6.42 Å². The lowest BCUT2D eigenvalue weighted by atomic mass is 9.85. The largest absolute Gasteiger partial charge is 0.460 e. The fraction of sp³-hybridized carbons (Fsp3) is 0.400. The van der Waals surface area contributed by atoms with Gasteiger partial charge in [-0.1, -0.05) is 45.9 Å². The topological polar surface area (TPSA) is 30.2 Å². The Kier molecular flexibility index (Phi) is 2.82. The summed E-state index contributed by atoms with van der Waals surface area (Å²) in [6.45, 7) is 7.83. The highest BCUT2D eigenvalue weighted by Gasteiger charge is 2.28. The molecule has 2 rings (SSSR count). The van der Waals surface area contributed by atoms with E-state index >= 15 is 0 Å². The Bertz CT molecular complexity index is 556. The van der Waals surface area contributed by atoms with Crippen LogP contribution in [-0.4, -0.2) is 5.78 Å². The van der Waals surface area contributed by atoms with Crippen molar-refractivity contribution in [2.45, 2.75) is 34.1 Å². The molecule has 0 saturated carbocycles. The lowest BCUT2D eigenvalue weighted by molar-refractivity contribution is 0.0858. The zero-order chi connectivity index (χ0) is 12.6. The monoisotopic (exact) mass is 230 g/mol. The number of hydrogen-bond donors (Lipinski definition) is 0. The van der Waals surface area contributed by atoms with Crippen molar-refractivity contribution in [3.05, 3.63) is 35.6 Å². The van der Waals surface area contributed by atoms with Gasteiger partial charge in [-0.3, -0.25) is 4.79 Å². The van der Waals surface area contributed by atoms with Crippen LogP contribution >= 0.6 is 0 Å². The van der Waals surface area contributed by atoms with Crippen LogP contribution in [0.4, 0.5) is 0 Å². The number of furan rings is 1. The van der Waals surface area contributed by atoms with Gasteiger partial charge in [0.1, 0.15) is 11.3 Å². The predicted octanol–water partition coefficient (Wildman–Crippen LogP) is 4.22. The van der Waals surface area contributed by atoms with Gasteiger partial charge in [0.05, 0.1) is 5.56 Å². The second kappa shape index (κ2) is 4.02. The highest BCUT2D eigenvalue weighted by atomic mass is 16.3. The van der Waals surface area contributed by atoms with Crippen molar-refractivity contribution in [1.82, 2.24) is 0 Å². The van der Waals surface area contributed by atoms with Crippen LogP contribution < -0.4 is 0 Å². The molecule has 0 bridgehead atoms. The summed E-state index contributed by atoms with van der Waals surface area (Å²) in [6.07, 6.45) is 0.742. The predicted molar refractivity (Wildman–Crippen MR) is 69.4 cm³/mol. The fourth-order valence-corrected chi connectivity index (χ4v) is 1.97. The molecule has 0 aliphatic rings. The molecule has 0 N–H and O–H groups in total. The maximum atomic E-state index is 12.5. The molecule has 0 fully saturated rings. The Morgan fingerprint density at radius 3 is 2.47 bits per heavy atom. The van der Waals surface area contributed by atoms with Gasteiger partial charge in [-0.2, -0.15) is 0 Å². The summed E-state index contributed by atoms with van der Waals surface area (Å²) >= 11 is 0. The number of rotatable bonds is 2. The van der Waals surface area contributed by atoms with Gasteiger partial charge in [-0.15, -0.1) is 0 Å².